The van der Waals surface area contributed by atoms with E-state index in [9.17, 15) is 23.9 Å². The Balaban J connectivity index is 1.57. The fourth-order valence-electron chi connectivity index (χ4n) is 4.31. The molecule has 8 nitrogen and oxygen atoms in total. The Kier molecular flexibility index (Phi) is 7.26. The lowest BCUT2D eigenvalue weighted by molar-refractivity contribution is -0.136. The second kappa shape index (κ2) is 10.5. The zero-order valence-electron chi connectivity index (χ0n) is 19.2. The summed E-state index contributed by atoms with van der Waals surface area (Å²) in [6, 6.07) is 13.3. The standard InChI is InChI=1S/C26H26FN3O5/c1-35-26(34)21-15-30(10-11-31)25(33)24(21)29-23-5-3-2-4-22(23)28-19-12-17(13-20(32)14-19)16-6-8-18(27)9-7-16/h2-9,14,17,28-29,31H,10-13,15H2,1H3. The van der Waals surface area contributed by atoms with Crippen LogP contribution in [0.3, 0.4) is 0 Å². The SMILES string of the molecule is COC(=O)C1=C(Nc2ccccc2NC2=CC(=O)CC(c3ccc(F)cc3)C2)C(=O)N(CCO)C1. The third-order valence-corrected chi connectivity index (χ3v) is 6.03. The number of nitrogens with zero attached hydrogens (tertiary/aromatic N) is 1. The molecule has 0 saturated heterocycles. The van der Waals surface area contributed by atoms with E-state index in [0.717, 1.165) is 5.56 Å². The maximum atomic E-state index is 13.3. The van der Waals surface area contributed by atoms with Crippen LogP contribution in [0.2, 0.25) is 0 Å². The minimum Gasteiger partial charge on any atom is -0.466 e. The maximum Gasteiger partial charge on any atom is 0.337 e. The molecule has 1 unspecified atom stereocenters. The number of carbonyl (C=O) groups excluding carboxylic acids is 3. The van der Waals surface area contributed by atoms with Crippen LogP contribution in [0.1, 0.15) is 24.3 Å². The molecule has 1 heterocycles. The molecule has 35 heavy (non-hydrogen) atoms. The van der Waals surface area contributed by atoms with Gasteiger partial charge in [-0.15, -0.1) is 0 Å². The number of rotatable bonds is 8. The summed E-state index contributed by atoms with van der Waals surface area (Å²) in [6.45, 7) is -0.115. The Morgan fingerprint density at radius 2 is 1.77 bits per heavy atom. The molecule has 0 radical (unpaired) electrons. The molecule has 0 spiro atoms. The molecule has 1 atom stereocenters. The van der Waals surface area contributed by atoms with Gasteiger partial charge in [0.2, 0.25) is 0 Å². The first kappa shape index (κ1) is 24.2. The first-order valence-electron chi connectivity index (χ1n) is 11.2. The van der Waals surface area contributed by atoms with Gasteiger partial charge < -0.3 is 25.4 Å². The average molecular weight is 480 g/mol. The number of halogens is 1. The van der Waals surface area contributed by atoms with Crippen LogP contribution in [0.4, 0.5) is 15.8 Å². The van der Waals surface area contributed by atoms with Gasteiger partial charge in [0.05, 0.1) is 37.2 Å². The number of hydrogen-bond acceptors (Lipinski definition) is 7. The number of aliphatic hydroxyl groups excluding tert-OH is 1. The number of carbonyl (C=O) groups is 3. The van der Waals surface area contributed by atoms with Gasteiger partial charge in [-0.25, -0.2) is 9.18 Å². The van der Waals surface area contributed by atoms with E-state index in [1.54, 1.807) is 42.5 Å². The van der Waals surface area contributed by atoms with Gasteiger partial charge in [-0.3, -0.25) is 9.59 Å². The number of aliphatic hydroxyl groups is 1. The third kappa shape index (κ3) is 5.41. The molecule has 4 rings (SSSR count). The molecule has 0 fully saturated rings. The number of hydrogen-bond donors (Lipinski definition) is 3. The van der Waals surface area contributed by atoms with Crippen molar-refractivity contribution in [1.29, 1.82) is 0 Å². The van der Waals surface area contributed by atoms with E-state index in [-0.39, 0.29) is 48.5 Å². The van der Waals surface area contributed by atoms with Gasteiger partial charge in [-0.1, -0.05) is 24.3 Å². The molecule has 3 N–H and O–H groups in total. The molecular weight excluding hydrogens is 453 g/mol. The van der Waals surface area contributed by atoms with E-state index in [1.165, 1.54) is 24.1 Å². The molecule has 1 amide bonds. The van der Waals surface area contributed by atoms with Crippen LogP contribution < -0.4 is 10.6 Å². The van der Waals surface area contributed by atoms with E-state index in [0.29, 0.717) is 29.9 Å². The number of esters is 1. The van der Waals surface area contributed by atoms with Crippen molar-refractivity contribution < 1.29 is 28.6 Å². The number of nitrogens with one attached hydrogen (secondary N) is 2. The summed E-state index contributed by atoms with van der Waals surface area (Å²) in [5.74, 6) is -1.51. The predicted octanol–water partition coefficient (Wildman–Crippen LogP) is 2.94. The maximum absolute atomic E-state index is 13.3. The second-order valence-electron chi connectivity index (χ2n) is 8.38. The van der Waals surface area contributed by atoms with Gasteiger partial charge in [0.15, 0.2) is 5.78 Å². The van der Waals surface area contributed by atoms with Crippen molar-refractivity contribution in [3.05, 3.63) is 83.0 Å². The fourth-order valence-corrected chi connectivity index (χ4v) is 4.31. The summed E-state index contributed by atoms with van der Waals surface area (Å²) >= 11 is 0. The highest BCUT2D eigenvalue weighted by Crippen LogP contribution is 2.34. The summed E-state index contributed by atoms with van der Waals surface area (Å²) in [5.41, 5.74) is 2.96. The molecule has 1 aliphatic carbocycles. The van der Waals surface area contributed by atoms with Gasteiger partial charge in [0.25, 0.3) is 5.91 Å². The summed E-state index contributed by atoms with van der Waals surface area (Å²) in [5, 5.41) is 15.6. The lowest BCUT2D eigenvalue weighted by Gasteiger charge is -2.24. The number of methoxy groups -OCH3 is 1. The minimum absolute atomic E-state index is 0.0308. The number of allylic oxidation sites excluding steroid dienone is 2. The van der Waals surface area contributed by atoms with Crippen molar-refractivity contribution in [2.45, 2.75) is 18.8 Å². The van der Waals surface area contributed by atoms with Gasteiger partial charge in [-0.05, 0) is 42.2 Å². The lowest BCUT2D eigenvalue weighted by atomic mass is 9.85. The Bertz CT molecular complexity index is 1210. The average Bonchev–Trinajstić information content (AvgIpc) is 3.15. The fraction of sp³-hybridized carbons (Fsp3) is 0.269. The summed E-state index contributed by atoms with van der Waals surface area (Å²) < 4.78 is 18.2. The van der Waals surface area contributed by atoms with Crippen LogP contribution in [-0.2, 0) is 19.1 Å². The van der Waals surface area contributed by atoms with Crippen molar-refractivity contribution in [2.75, 3.05) is 37.4 Å². The van der Waals surface area contributed by atoms with E-state index in [2.05, 4.69) is 10.6 Å². The van der Waals surface area contributed by atoms with Crippen LogP contribution in [0, 0.1) is 5.82 Å². The first-order chi connectivity index (χ1) is 16.9. The number of anilines is 2. The molecule has 182 valence electrons. The number of β-amino-alcohol motifs (C(OH)–C–C–N with tert-alkyl or cyclic N) is 1. The highest BCUT2D eigenvalue weighted by Gasteiger charge is 2.34. The van der Waals surface area contributed by atoms with Crippen molar-refractivity contribution in [3.8, 4) is 0 Å². The second-order valence-corrected chi connectivity index (χ2v) is 8.38. The lowest BCUT2D eigenvalue weighted by Crippen LogP contribution is -2.31. The van der Waals surface area contributed by atoms with Crippen LogP contribution in [0.25, 0.3) is 0 Å². The Labute approximate surface area is 202 Å². The summed E-state index contributed by atoms with van der Waals surface area (Å²) in [7, 11) is 1.24. The van der Waals surface area contributed by atoms with E-state index in [4.69, 9.17) is 4.74 Å². The van der Waals surface area contributed by atoms with Crippen LogP contribution in [0.15, 0.2) is 71.6 Å². The highest BCUT2D eigenvalue weighted by atomic mass is 19.1. The van der Waals surface area contributed by atoms with Crippen molar-refractivity contribution in [2.24, 2.45) is 0 Å². The van der Waals surface area contributed by atoms with E-state index < -0.39 is 11.9 Å². The van der Waals surface area contributed by atoms with E-state index >= 15 is 0 Å². The largest absolute Gasteiger partial charge is 0.466 e. The quantitative estimate of drug-likeness (QED) is 0.500. The number of benzene rings is 2. The minimum atomic E-state index is -0.630. The number of ether oxygens (including phenoxy) is 1. The normalized spacial score (nSPS) is 18.0. The molecule has 0 bridgehead atoms. The van der Waals surface area contributed by atoms with Gasteiger partial charge in [0, 0.05) is 24.7 Å². The van der Waals surface area contributed by atoms with Crippen molar-refractivity contribution in [3.63, 3.8) is 0 Å². The highest BCUT2D eigenvalue weighted by molar-refractivity contribution is 6.09. The molecule has 9 heteroatoms. The van der Waals surface area contributed by atoms with Gasteiger partial charge in [-0.2, -0.15) is 0 Å². The van der Waals surface area contributed by atoms with Gasteiger partial charge >= 0.3 is 5.97 Å². The summed E-state index contributed by atoms with van der Waals surface area (Å²) in [4.78, 5) is 39.0. The Morgan fingerprint density at radius 1 is 1.09 bits per heavy atom. The smallest absolute Gasteiger partial charge is 0.337 e. The number of para-hydroxylation sites is 2. The molecular formula is C26H26FN3O5. The third-order valence-electron chi connectivity index (χ3n) is 6.03. The van der Waals surface area contributed by atoms with Gasteiger partial charge in [0.1, 0.15) is 11.5 Å². The Hall–Kier alpha value is -3.98. The van der Waals surface area contributed by atoms with Crippen molar-refractivity contribution >= 4 is 29.0 Å². The zero-order valence-corrected chi connectivity index (χ0v) is 19.2. The van der Waals surface area contributed by atoms with E-state index in [1.807, 2.05) is 0 Å². The molecule has 0 saturated carbocycles. The molecule has 2 aromatic carbocycles. The molecule has 2 aromatic rings. The monoisotopic (exact) mass is 479 g/mol. The first-order valence-corrected chi connectivity index (χ1v) is 11.2. The predicted molar refractivity (Wildman–Crippen MR) is 128 cm³/mol. The zero-order chi connectivity index (χ0) is 24.9. The number of amides is 1. The molecule has 1 aliphatic heterocycles. The topological polar surface area (TPSA) is 108 Å². The van der Waals surface area contributed by atoms with Crippen LogP contribution >= 0.6 is 0 Å². The van der Waals surface area contributed by atoms with Crippen LogP contribution in [-0.4, -0.2) is 54.5 Å². The molecule has 2 aliphatic rings. The van der Waals surface area contributed by atoms with Crippen molar-refractivity contribution in [1.82, 2.24) is 4.90 Å². The van der Waals surface area contributed by atoms with Crippen LogP contribution in [0.5, 0.6) is 0 Å². The Morgan fingerprint density at radius 3 is 2.43 bits per heavy atom. The summed E-state index contributed by atoms with van der Waals surface area (Å²) in [6.07, 6.45) is 2.44. The number of ketones is 1. The molecule has 0 aromatic heterocycles.